The molecule has 22 heavy (non-hydrogen) atoms. The lowest BCUT2D eigenvalue weighted by atomic mass is 10.1. The molecule has 0 spiro atoms. The molecule has 126 valence electrons. The summed E-state index contributed by atoms with van der Waals surface area (Å²) < 4.78 is 5.63. The van der Waals surface area contributed by atoms with Crippen LogP contribution < -0.4 is 10.6 Å². The number of amides is 2. The molecule has 1 aliphatic carbocycles. The highest BCUT2D eigenvalue weighted by molar-refractivity contribution is 5.74. The Balaban J connectivity index is 1.35. The van der Waals surface area contributed by atoms with Gasteiger partial charge in [-0.2, -0.15) is 0 Å². The minimum atomic E-state index is -0.0317. The Morgan fingerprint density at radius 3 is 2.77 bits per heavy atom. The van der Waals surface area contributed by atoms with Crippen molar-refractivity contribution < 1.29 is 9.53 Å². The van der Waals surface area contributed by atoms with Crippen molar-refractivity contribution in [3.8, 4) is 0 Å². The van der Waals surface area contributed by atoms with E-state index in [0.717, 1.165) is 44.9 Å². The minimum absolute atomic E-state index is 0.0317. The average molecular weight is 309 g/mol. The van der Waals surface area contributed by atoms with E-state index in [1.54, 1.807) is 0 Å². The van der Waals surface area contributed by atoms with E-state index in [0.29, 0.717) is 6.04 Å². The van der Waals surface area contributed by atoms with Crippen molar-refractivity contribution in [3.05, 3.63) is 0 Å². The van der Waals surface area contributed by atoms with Crippen molar-refractivity contribution in [2.45, 2.75) is 70.1 Å². The Morgan fingerprint density at radius 1 is 1.23 bits per heavy atom. The zero-order valence-electron chi connectivity index (χ0n) is 13.9. The molecule has 5 heteroatoms. The smallest absolute Gasteiger partial charge is 0.315 e. The van der Waals surface area contributed by atoms with Crippen LogP contribution in [0.2, 0.25) is 0 Å². The van der Waals surface area contributed by atoms with Crippen LogP contribution in [0.4, 0.5) is 4.79 Å². The second-order valence-electron chi connectivity index (χ2n) is 7.35. The van der Waals surface area contributed by atoms with Gasteiger partial charge in [0.05, 0.1) is 12.1 Å². The molecule has 0 unspecified atom stereocenters. The molecule has 3 atom stereocenters. The number of carbonyl (C=O) groups excluding carboxylic acids is 1. The molecule has 0 bridgehead atoms. The second-order valence-corrected chi connectivity index (χ2v) is 7.35. The highest BCUT2D eigenvalue weighted by Gasteiger charge is 2.28. The van der Waals surface area contributed by atoms with E-state index in [4.69, 9.17) is 4.74 Å². The fraction of sp³-hybridized carbons (Fsp3) is 0.941. The summed E-state index contributed by atoms with van der Waals surface area (Å²) in [7, 11) is 0. The van der Waals surface area contributed by atoms with Crippen molar-refractivity contribution >= 4 is 6.03 Å². The molecule has 0 radical (unpaired) electrons. The predicted octanol–water partition coefficient (Wildman–Crippen LogP) is 2.12. The summed E-state index contributed by atoms with van der Waals surface area (Å²) in [5.74, 6) is 0.895. The lowest BCUT2D eigenvalue weighted by Crippen LogP contribution is -2.49. The Kier molecular flexibility index (Phi) is 5.58. The number of ether oxygens (including phenoxy) is 1. The third-order valence-corrected chi connectivity index (χ3v) is 5.48. The fourth-order valence-corrected chi connectivity index (χ4v) is 4.20. The van der Waals surface area contributed by atoms with Crippen molar-refractivity contribution in [3.63, 3.8) is 0 Å². The van der Waals surface area contributed by atoms with Crippen LogP contribution in [-0.4, -0.2) is 55.4 Å². The second kappa shape index (κ2) is 7.64. The Labute approximate surface area is 134 Å². The lowest BCUT2D eigenvalue weighted by molar-refractivity contribution is 0.0858. The third kappa shape index (κ3) is 4.35. The molecule has 2 heterocycles. The fourth-order valence-electron chi connectivity index (χ4n) is 4.20. The Hall–Kier alpha value is -0.810. The highest BCUT2D eigenvalue weighted by atomic mass is 16.5. The van der Waals surface area contributed by atoms with E-state index in [1.807, 2.05) is 6.92 Å². The Morgan fingerprint density at radius 2 is 2.05 bits per heavy atom. The van der Waals surface area contributed by atoms with Gasteiger partial charge in [-0.1, -0.05) is 12.8 Å². The summed E-state index contributed by atoms with van der Waals surface area (Å²) >= 11 is 0. The van der Waals surface area contributed by atoms with Gasteiger partial charge >= 0.3 is 6.03 Å². The SMILES string of the molecule is C[C@H](NC(=O)N[C@@H]1CCN(CC2CCCC2)C1)[C@@H]1CCCO1. The maximum atomic E-state index is 12.1. The number of urea groups is 1. The van der Waals surface area contributed by atoms with Gasteiger partial charge < -0.3 is 20.3 Å². The number of hydrogen-bond acceptors (Lipinski definition) is 3. The van der Waals surface area contributed by atoms with E-state index >= 15 is 0 Å². The summed E-state index contributed by atoms with van der Waals surface area (Å²) in [6.45, 7) is 6.24. The molecule has 3 fully saturated rings. The van der Waals surface area contributed by atoms with Crippen LogP contribution in [0.15, 0.2) is 0 Å². The average Bonchev–Trinajstić information content (AvgIpc) is 3.20. The largest absolute Gasteiger partial charge is 0.376 e. The molecule has 5 nitrogen and oxygen atoms in total. The highest BCUT2D eigenvalue weighted by Crippen LogP contribution is 2.26. The van der Waals surface area contributed by atoms with E-state index < -0.39 is 0 Å². The number of likely N-dealkylation sites (tertiary alicyclic amines) is 1. The minimum Gasteiger partial charge on any atom is -0.376 e. The van der Waals surface area contributed by atoms with Crippen LogP contribution in [0.5, 0.6) is 0 Å². The lowest BCUT2D eigenvalue weighted by Gasteiger charge is -2.23. The first-order valence-electron chi connectivity index (χ1n) is 9.11. The van der Waals surface area contributed by atoms with E-state index in [2.05, 4.69) is 15.5 Å². The first-order chi connectivity index (χ1) is 10.7. The summed E-state index contributed by atoms with van der Waals surface area (Å²) in [6.07, 6.45) is 9.04. The zero-order chi connectivity index (χ0) is 15.4. The van der Waals surface area contributed by atoms with Crippen LogP contribution in [0.1, 0.15) is 51.9 Å². The summed E-state index contributed by atoms with van der Waals surface area (Å²) in [5, 5.41) is 6.18. The quantitative estimate of drug-likeness (QED) is 0.818. The van der Waals surface area contributed by atoms with Gasteiger partial charge in [0.25, 0.3) is 0 Å². The van der Waals surface area contributed by atoms with Crippen LogP contribution in [0, 0.1) is 5.92 Å². The monoisotopic (exact) mass is 309 g/mol. The van der Waals surface area contributed by atoms with Crippen LogP contribution in [0.3, 0.4) is 0 Å². The topological polar surface area (TPSA) is 53.6 Å². The zero-order valence-corrected chi connectivity index (χ0v) is 13.9. The standard InChI is InChI=1S/C17H31N3O2/c1-13(16-7-4-10-22-16)18-17(21)19-15-8-9-20(12-15)11-14-5-2-3-6-14/h13-16H,2-12H2,1H3,(H2,18,19,21)/t13-,15+,16-/m0/s1. The number of rotatable bonds is 5. The van der Waals surface area contributed by atoms with Gasteiger partial charge in [-0.05, 0) is 44.9 Å². The summed E-state index contributed by atoms with van der Waals surface area (Å²) in [6, 6.07) is 0.368. The van der Waals surface area contributed by atoms with Gasteiger partial charge in [-0.25, -0.2) is 4.79 Å². The summed E-state index contributed by atoms with van der Waals surface area (Å²) in [5.41, 5.74) is 0. The van der Waals surface area contributed by atoms with Gasteiger partial charge in [0.2, 0.25) is 0 Å². The molecular weight excluding hydrogens is 278 g/mol. The molecular formula is C17H31N3O2. The van der Waals surface area contributed by atoms with Gasteiger partial charge in [0, 0.05) is 32.3 Å². The first kappa shape index (κ1) is 16.1. The molecule has 2 amide bonds. The van der Waals surface area contributed by atoms with E-state index in [-0.39, 0.29) is 18.2 Å². The van der Waals surface area contributed by atoms with Crippen LogP contribution in [-0.2, 0) is 4.74 Å². The van der Waals surface area contributed by atoms with Crippen molar-refractivity contribution in [1.29, 1.82) is 0 Å². The molecule has 2 N–H and O–H groups in total. The number of carbonyl (C=O) groups is 1. The maximum Gasteiger partial charge on any atom is 0.315 e. The molecule has 2 aliphatic heterocycles. The molecule has 3 rings (SSSR count). The van der Waals surface area contributed by atoms with Gasteiger partial charge in [-0.3, -0.25) is 0 Å². The van der Waals surface area contributed by atoms with Gasteiger partial charge in [0.15, 0.2) is 0 Å². The predicted molar refractivity (Wildman–Crippen MR) is 86.9 cm³/mol. The van der Waals surface area contributed by atoms with Crippen molar-refractivity contribution in [2.24, 2.45) is 5.92 Å². The first-order valence-corrected chi connectivity index (χ1v) is 9.11. The van der Waals surface area contributed by atoms with E-state index in [9.17, 15) is 4.79 Å². The molecule has 1 saturated carbocycles. The Bertz CT molecular complexity index is 365. The third-order valence-electron chi connectivity index (χ3n) is 5.48. The molecule has 3 aliphatic rings. The van der Waals surface area contributed by atoms with E-state index in [1.165, 1.54) is 32.2 Å². The van der Waals surface area contributed by atoms with Crippen molar-refractivity contribution in [1.82, 2.24) is 15.5 Å². The molecule has 0 aromatic rings. The maximum absolute atomic E-state index is 12.1. The number of nitrogens with one attached hydrogen (secondary N) is 2. The van der Waals surface area contributed by atoms with Crippen molar-refractivity contribution in [2.75, 3.05) is 26.2 Å². The summed E-state index contributed by atoms with van der Waals surface area (Å²) in [4.78, 5) is 14.7. The molecule has 2 saturated heterocycles. The molecule has 0 aromatic carbocycles. The van der Waals surface area contributed by atoms with Gasteiger partial charge in [-0.15, -0.1) is 0 Å². The van der Waals surface area contributed by atoms with Crippen LogP contribution in [0.25, 0.3) is 0 Å². The normalized spacial score (nSPS) is 31.5. The number of nitrogens with zero attached hydrogens (tertiary/aromatic N) is 1. The van der Waals surface area contributed by atoms with Gasteiger partial charge in [0.1, 0.15) is 0 Å². The molecule has 0 aromatic heterocycles. The van der Waals surface area contributed by atoms with Crippen LogP contribution >= 0.6 is 0 Å². The number of hydrogen-bond donors (Lipinski definition) is 2.